The Labute approximate surface area is 198 Å². The fraction of sp³-hybridized carbons (Fsp3) is 0.259. The third-order valence-electron chi connectivity index (χ3n) is 5.67. The average Bonchev–Trinajstić information content (AvgIpc) is 3.08. The topological polar surface area (TPSA) is 92.6 Å². The van der Waals surface area contributed by atoms with Crippen LogP contribution in [0.4, 0.5) is 0 Å². The number of ether oxygens (including phenoxy) is 1. The molecule has 7 heteroatoms. The standard InChI is InChI=1S/C27H27N3O4/c1-17(2)16-34-21-6-7-22(18(3)13-21)25(31)23-24(20-8-11-28-12-9-20)30(27(33)26(23)32)15-19-5-4-10-29-14-19/h4-14,17,24,31H,15-16H2,1-3H3/b25-23+/t24-/m0/s1. The first-order chi connectivity index (χ1) is 16.4. The van der Waals surface area contributed by atoms with E-state index in [9.17, 15) is 14.7 Å². The first-order valence-electron chi connectivity index (χ1n) is 11.2. The summed E-state index contributed by atoms with van der Waals surface area (Å²) in [5.74, 6) is -0.527. The van der Waals surface area contributed by atoms with Crippen LogP contribution < -0.4 is 4.74 Å². The molecule has 1 atom stereocenters. The molecule has 1 N–H and O–H groups in total. The minimum Gasteiger partial charge on any atom is -0.507 e. The Balaban J connectivity index is 1.78. The van der Waals surface area contributed by atoms with Gasteiger partial charge in [-0.1, -0.05) is 19.9 Å². The van der Waals surface area contributed by atoms with Crippen molar-refractivity contribution in [2.75, 3.05) is 6.61 Å². The van der Waals surface area contributed by atoms with E-state index in [1.165, 1.54) is 4.90 Å². The molecule has 3 heterocycles. The van der Waals surface area contributed by atoms with Gasteiger partial charge in [0.25, 0.3) is 11.7 Å². The number of Topliss-reactive ketones (excluding diaryl/α,β-unsaturated/α-hetero) is 1. The molecule has 0 aliphatic carbocycles. The van der Waals surface area contributed by atoms with E-state index in [4.69, 9.17) is 4.74 Å². The van der Waals surface area contributed by atoms with E-state index in [1.54, 1.807) is 55.1 Å². The van der Waals surface area contributed by atoms with Crippen molar-refractivity contribution in [1.29, 1.82) is 0 Å². The Morgan fingerprint density at radius 1 is 1.09 bits per heavy atom. The first kappa shape index (κ1) is 23.2. The molecule has 174 valence electrons. The monoisotopic (exact) mass is 457 g/mol. The number of aliphatic hydroxyl groups excluding tert-OH is 1. The van der Waals surface area contributed by atoms with Crippen molar-refractivity contribution in [2.45, 2.75) is 33.4 Å². The minimum atomic E-state index is -0.750. The highest BCUT2D eigenvalue weighted by molar-refractivity contribution is 6.46. The van der Waals surface area contributed by atoms with Gasteiger partial charge in [0.2, 0.25) is 0 Å². The summed E-state index contributed by atoms with van der Waals surface area (Å²) in [7, 11) is 0. The molecule has 0 bridgehead atoms. The Hall–Kier alpha value is -4.00. The van der Waals surface area contributed by atoms with Crippen LogP contribution in [0.2, 0.25) is 0 Å². The van der Waals surface area contributed by atoms with E-state index in [-0.39, 0.29) is 17.9 Å². The molecule has 1 fully saturated rings. The van der Waals surface area contributed by atoms with Gasteiger partial charge in [-0.05, 0) is 65.9 Å². The van der Waals surface area contributed by atoms with Crippen LogP contribution in [0.15, 0.2) is 72.8 Å². The van der Waals surface area contributed by atoms with Crippen molar-refractivity contribution in [2.24, 2.45) is 5.92 Å². The lowest BCUT2D eigenvalue weighted by Crippen LogP contribution is -2.29. The molecule has 1 aromatic carbocycles. The van der Waals surface area contributed by atoms with E-state index >= 15 is 0 Å². The van der Waals surface area contributed by atoms with Crippen molar-refractivity contribution < 1.29 is 19.4 Å². The van der Waals surface area contributed by atoms with Crippen molar-refractivity contribution >= 4 is 17.4 Å². The summed E-state index contributed by atoms with van der Waals surface area (Å²) in [6.45, 7) is 6.73. The molecule has 0 radical (unpaired) electrons. The van der Waals surface area contributed by atoms with Crippen LogP contribution in [0.1, 0.15) is 42.1 Å². The second kappa shape index (κ2) is 9.87. The maximum absolute atomic E-state index is 13.2. The summed E-state index contributed by atoms with van der Waals surface area (Å²) in [4.78, 5) is 35.9. The van der Waals surface area contributed by atoms with E-state index in [0.29, 0.717) is 29.4 Å². The molecular formula is C27H27N3O4. The highest BCUT2D eigenvalue weighted by Gasteiger charge is 2.46. The zero-order chi connectivity index (χ0) is 24.2. The minimum absolute atomic E-state index is 0.0547. The fourth-order valence-corrected chi connectivity index (χ4v) is 4.02. The SMILES string of the molecule is Cc1cc(OCC(C)C)ccc1/C(O)=C1\C(=O)C(=O)N(Cc2cccnc2)[C@H]1c1ccncc1. The number of aromatic nitrogens is 2. The van der Waals surface area contributed by atoms with Gasteiger partial charge in [0.15, 0.2) is 0 Å². The van der Waals surface area contributed by atoms with Gasteiger partial charge >= 0.3 is 0 Å². The zero-order valence-corrected chi connectivity index (χ0v) is 19.4. The molecule has 0 unspecified atom stereocenters. The Bertz CT molecular complexity index is 1220. The van der Waals surface area contributed by atoms with Gasteiger partial charge in [0.1, 0.15) is 11.5 Å². The third-order valence-corrected chi connectivity index (χ3v) is 5.67. The van der Waals surface area contributed by atoms with Gasteiger partial charge in [-0.25, -0.2) is 0 Å². The number of benzene rings is 1. The number of nitrogens with zero attached hydrogens (tertiary/aromatic N) is 3. The smallest absolute Gasteiger partial charge is 0.295 e. The summed E-state index contributed by atoms with van der Waals surface area (Å²) in [5, 5.41) is 11.3. The van der Waals surface area contributed by atoms with Crippen molar-refractivity contribution in [1.82, 2.24) is 14.9 Å². The fourth-order valence-electron chi connectivity index (χ4n) is 4.02. The number of carbonyl (C=O) groups is 2. The predicted molar refractivity (Wildman–Crippen MR) is 128 cm³/mol. The molecular weight excluding hydrogens is 430 g/mol. The normalized spacial score (nSPS) is 17.4. The molecule has 0 saturated carbocycles. The number of likely N-dealkylation sites (tertiary alicyclic amines) is 1. The molecule has 34 heavy (non-hydrogen) atoms. The van der Waals surface area contributed by atoms with Gasteiger partial charge in [-0.15, -0.1) is 0 Å². The maximum atomic E-state index is 13.2. The number of aliphatic hydroxyl groups is 1. The first-order valence-corrected chi connectivity index (χ1v) is 11.2. The zero-order valence-electron chi connectivity index (χ0n) is 19.4. The summed E-state index contributed by atoms with van der Waals surface area (Å²) < 4.78 is 5.78. The maximum Gasteiger partial charge on any atom is 0.295 e. The number of pyridine rings is 2. The lowest BCUT2D eigenvalue weighted by molar-refractivity contribution is -0.140. The van der Waals surface area contributed by atoms with Crippen LogP contribution >= 0.6 is 0 Å². The van der Waals surface area contributed by atoms with Crippen molar-refractivity contribution in [3.05, 3.63) is 95.1 Å². The summed E-state index contributed by atoms with van der Waals surface area (Å²) in [6.07, 6.45) is 6.51. The van der Waals surface area contributed by atoms with Gasteiger partial charge in [-0.3, -0.25) is 19.6 Å². The largest absolute Gasteiger partial charge is 0.507 e. The molecule has 1 saturated heterocycles. The lowest BCUT2D eigenvalue weighted by atomic mass is 9.94. The molecule has 1 aliphatic rings. The Morgan fingerprint density at radius 3 is 2.50 bits per heavy atom. The van der Waals surface area contributed by atoms with Crippen molar-refractivity contribution in [3.63, 3.8) is 0 Å². The van der Waals surface area contributed by atoms with Gasteiger partial charge in [-0.2, -0.15) is 0 Å². The van der Waals surface area contributed by atoms with E-state index < -0.39 is 17.7 Å². The van der Waals surface area contributed by atoms with Crippen LogP contribution in [0.25, 0.3) is 5.76 Å². The third kappa shape index (κ3) is 4.69. The Kier molecular flexibility index (Phi) is 6.72. The van der Waals surface area contributed by atoms with Gasteiger partial charge in [0.05, 0.1) is 18.2 Å². The highest BCUT2D eigenvalue weighted by Crippen LogP contribution is 2.40. The summed E-state index contributed by atoms with van der Waals surface area (Å²) in [5.41, 5.74) is 2.75. The quantitative estimate of drug-likeness (QED) is 0.320. The van der Waals surface area contributed by atoms with Gasteiger partial charge < -0.3 is 14.7 Å². The average molecular weight is 458 g/mol. The highest BCUT2D eigenvalue weighted by atomic mass is 16.5. The summed E-state index contributed by atoms with van der Waals surface area (Å²) in [6, 6.07) is 11.7. The van der Waals surface area contributed by atoms with E-state index in [0.717, 1.165) is 11.1 Å². The van der Waals surface area contributed by atoms with Crippen LogP contribution in [0.5, 0.6) is 5.75 Å². The number of hydrogen-bond acceptors (Lipinski definition) is 6. The number of aryl methyl sites for hydroxylation is 1. The molecule has 1 aliphatic heterocycles. The lowest BCUT2D eigenvalue weighted by Gasteiger charge is -2.25. The number of rotatable bonds is 7. The van der Waals surface area contributed by atoms with Crippen LogP contribution in [-0.4, -0.2) is 38.3 Å². The molecule has 2 aromatic heterocycles. The number of ketones is 1. The number of carbonyl (C=O) groups excluding carboxylic acids is 2. The van der Waals surface area contributed by atoms with Crippen molar-refractivity contribution in [3.8, 4) is 5.75 Å². The molecule has 7 nitrogen and oxygen atoms in total. The Morgan fingerprint density at radius 2 is 1.85 bits per heavy atom. The summed E-state index contributed by atoms with van der Waals surface area (Å²) >= 11 is 0. The predicted octanol–water partition coefficient (Wildman–Crippen LogP) is 4.44. The molecule has 4 rings (SSSR count). The van der Waals surface area contributed by atoms with Crippen LogP contribution in [-0.2, 0) is 16.1 Å². The number of amides is 1. The van der Waals surface area contributed by atoms with E-state index in [1.807, 2.05) is 19.1 Å². The molecule has 1 amide bonds. The second-order valence-corrected chi connectivity index (χ2v) is 8.75. The van der Waals surface area contributed by atoms with Crippen LogP contribution in [0, 0.1) is 12.8 Å². The second-order valence-electron chi connectivity index (χ2n) is 8.75. The molecule has 3 aromatic rings. The molecule has 0 spiro atoms. The number of hydrogen-bond donors (Lipinski definition) is 1. The van der Waals surface area contributed by atoms with Crippen LogP contribution in [0.3, 0.4) is 0 Å². The van der Waals surface area contributed by atoms with Gasteiger partial charge in [0, 0.05) is 36.9 Å². The van der Waals surface area contributed by atoms with E-state index in [2.05, 4.69) is 23.8 Å².